The maximum Gasteiger partial charge on any atom is 0.248 e. The fourth-order valence-corrected chi connectivity index (χ4v) is 2.67. The van der Waals surface area contributed by atoms with E-state index in [1.54, 1.807) is 48.1 Å². The fraction of sp³-hybridized carbons (Fsp3) is 0.0526. The van der Waals surface area contributed by atoms with E-state index in [-0.39, 0.29) is 11.8 Å². The van der Waals surface area contributed by atoms with Crippen molar-refractivity contribution in [3.63, 3.8) is 0 Å². The number of nitrogens with one attached hydrogen (secondary N) is 1. The van der Waals surface area contributed by atoms with Crippen molar-refractivity contribution in [2.45, 2.75) is 6.92 Å². The zero-order valence-electron chi connectivity index (χ0n) is 13.8. The molecule has 0 aliphatic carbocycles. The predicted octanol–water partition coefficient (Wildman–Crippen LogP) is 4.16. The summed E-state index contributed by atoms with van der Waals surface area (Å²) in [6.45, 7) is 1.86. The number of aromatic nitrogens is 2. The summed E-state index contributed by atoms with van der Waals surface area (Å²) < 4.78 is 5.67. The Morgan fingerprint density at radius 1 is 1.35 bits per heavy atom. The molecule has 0 atom stereocenters. The van der Waals surface area contributed by atoms with Crippen LogP contribution < -0.4 is 10.1 Å². The Hall–Kier alpha value is -3.50. The number of thiazole rings is 1. The number of nitrogens with zero attached hydrogens (tertiary/aromatic N) is 3. The highest BCUT2D eigenvalue weighted by Gasteiger charge is 2.08. The van der Waals surface area contributed by atoms with E-state index in [9.17, 15) is 4.79 Å². The summed E-state index contributed by atoms with van der Waals surface area (Å²) in [5.74, 6) is 0.539. The molecule has 128 valence electrons. The van der Waals surface area contributed by atoms with Gasteiger partial charge < -0.3 is 10.1 Å². The zero-order chi connectivity index (χ0) is 18.4. The Morgan fingerprint density at radius 3 is 2.96 bits per heavy atom. The van der Waals surface area contributed by atoms with Gasteiger partial charge in [0.1, 0.15) is 17.4 Å². The van der Waals surface area contributed by atoms with Crippen LogP contribution >= 0.6 is 11.3 Å². The van der Waals surface area contributed by atoms with Gasteiger partial charge in [0.05, 0.1) is 11.2 Å². The molecule has 0 radical (unpaired) electrons. The molecule has 0 saturated carbocycles. The summed E-state index contributed by atoms with van der Waals surface area (Å²) in [6.07, 6.45) is 4.65. The van der Waals surface area contributed by atoms with E-state index in [1.165, 1.54) is 17.4 Å². The quantitative estimate of drug-likeness (QED) is 0.689. The molecule has 2 aromatic heterocycles. The third-order valence-electron chi connectivity index (χ3n) is 3.42. The highest BCUT2D eigenvalue weighted by molar-refractivity contribution is 7.07. The van der Waals surface area contributed by atoms with Crippen LogP contribution in [0, 0.1) is 18.3 Å². The van der Waals surface area contributed by atoms with Gasteiger partial charge in [-0.15, -0.1) is 11.3 Å². The lowest BCUT2D eigenvalue weighted by Crippen LogP contribution is -2.09. The highest BCUT2D eigenvalue weighted by Crippen LogP contribution is 2.26. The molecule has 1 N–H and O–H groups in total. The highest BCUT2D eigenvalue weighted by atomic mass is 32.1. The molecule has 0 aliphatic heterocycles. The first-order valence-electron chi connectivity index (χ1n) is 7.66. The van der Waals surface area contributed by atoms with E-state index >= 15 is 0 Å². The number of amides is 1. The number of benzene rings is 1. The van der Waals surface area contributed by atoms with E-state index in [0.29, 0.717) is 17.0 Å². The van der Waals surface area contributed by atoms with Gasteiger partial charge >= 0.3 is 0 Å². The van der Waals surface area contributed by atoms with Gasteiger partial charge in [-0.3, -0.25) is 4.79 Å². The standard InChI is InChI=1S/C19H14N4O2S/c1-13-9-16(25-19-14(10-20)3-2-8-21-19)5-6-17(13)23-18(24)7-4-15-11-26-12-22-15/h2-9,11-12H,1H3,(H,23,24). The summed E-state index contributed by atoms with van der Waals surface area (Å²) in [6, 6.07) is 10.6. The number of rotatable bonds is 5. The van der Waals surface area contributed by atoms with Gasteiger partial charge in [0.15, 0.2) is 0 Å². The fourth-order valence-electron chi connectivity index (χ4n) is 2.15. The minimum Gasteiger partial charge on any atom is -0.438 e. The van der Waals surface area contributed by atoms with Crippen molar-refractivity contribution in [1.82, 2.24) is 9.97 Å². The number of nitriles is 1. The average Bonchev–Trinajstić information content (AvgIpc) is 3.16. The van der Waals surface area contributed by atoms with E-state index in [2.05, 4.69) is 15.3 Å². The minimum atomic E-state index is -0.244. The molecule has 7 heteroatoms. The molecule has 0 aliphatic rings. The molecule has 0 saturated heterocycles. The van der Waals surface area contributed by atoms with Crippen molar-refractivity contribution in [3.05, 3.63) is 70.3 Å². The number of carbonyl (C=O) groups excluding carboxylic acids is 1. The molecule has 3 rings (SSSR count). The number of carbonyl (C=O) groups is 1. The largest absolute Gasteiger partial charge is 0.438 e. The first-order valence-corrected chi connectivity index (χ1v) is 8.61. The van der Waals surface area contributed by atoms with E-state index in [0.717, 1.165) is 11.3 Å². The van der Waals surface area contributed by atoms with Crippen molar-refractivity contribution < 1.29 is 9.53 Å². The Balaban J connectivity index is 1.69. The number of hydrogen-bond donors (Lipinski definition) is 1. The molecular weight excluding hydrogens is 348 g/mol. The van der Waals surface area contributed by atoms with Crippen LogP contribution in [0.2, 0.25) is 0 Å². The van der Waals surface area contributed by atoms with Gasteiger partial charge in [0.25, 0.3) is 0 Å². The van der Waals surface area contributed by atoms with Crippen molar-refractivity contribution in [2.24, 2.45) is 0 Å². The third kappa shape index (κ3) is 4.32. The lowest BCUT2D eigenvalue weighted by atomic mass is 10.2. The molecule has 2 heterocycles. The smallest absolute Gasteiger partial charge is 0.248 e. The molecule has 0 bridgehead atoms. The van der Waals surface area contributed by atoms with Crippen LogP contribution in [0.15, 0.2) is 53.5 Å². The van der Waals surface area contributed by atoms with Gasteiger partial charge in [-0.1, -0.05) is 0 Å². The third-order valence-corrected chi connectivity index (χ3v) is 4.02. The maximum atomic E-state index is 12.0. The van der Waals surface area contributed by atoms with Crippen LogP contribution in [-0.2, 0) is 4.79 Å². The minimum absolute atomic E-state index is 0.244. The SMILES string of the molecule is Cc1cc(Oc2ncccc2C#N)ccc1NC(=O)C=Cc1cscn1. The molecule has 1 aromatic carbocycles. The molecule has 6 nitrogen and oxygen atoms in total. The van der Waals surface area contributed by atoms with Gasteiger partial charge in [0, 0.05) is 23.3 Å². The first kappa shape index (κ1) is 17.3. The normalized spacial score (nSPS) is 10.5. The Morgan fingerprint density at radius 2 is 2.23 bits per heavy atom. The second-order valence-electron chi connectivity index (χ2n) is 5.28. The predicted molar refractivity (Wildman–Crippen MR) is 100.0 cm³/mol. The van der Waals surface area contributed by atoms with Crippen molar-refractivity contribution in [2.75, 3.05) is 5.32 Å². The van der Waals surface area contributed by atoms with Gasteiger partial charge in [-0.2, -0.15) is 5.26 Å². The number of aryl methyl sites for hydroxylation is 1. The zero-order valence-corrected chi connectivity index (χ0v) is 14.7. The average molecular weight is 362 g/mol. The Labute approximate surface area is 154 Å². The summed E-state index contributed by atoms with van der Waals surface area (Å²) in [5.41, 5.74) is 4.31. The van der Waals surface area contributed by atoms with E-state index in [4.69, 9.17) is 10.00 Å². The number of pyridine rings is 1. The lowest BCUT2D eigenvalue weighted by molar-refractivity contribution is -0.111. The Bertz CT molecular complexity index is 991. The van der Waals surface area contributed by atoms with Crippen LogP contribution in [0.5, 0.6) is 11.6 Å². The van der Waals surface area contributed by atoms with Crippen LogP contribution in [0.3, 0.4) is 0 Å². The van der Waals surface area contributed by atoms with Crippen molar-refractivity contribution in [1.29, 1.82) is 5.26 Å². The summed E-state index contributed by atoms with van der Waals surface area (Å²) in [7, 11) is 0. The Kier molecular flexibility index (Phi) is 5.37. The number of ether oxygens (including phenoxy) is 1. The van der Waals surface area contributed by atoms with Gasteiger partial charge in [-0.25, -0.2) is 9.97 Å². The molecule has 0 spiro atoms. The lowest BCUT2D eigenvalue weighted by Gasteiger charge is -2.10. The molecular formula is C19H14N4O2S. The van der Waals surface area contributed by atoms with Gasteiger partial charge in [-0.05, 0) is 48.9 Å². The van der Waals surface area contributed by atoms with Gasteiger partial charge in [0.2, 0.25) is 11.8 Å². The van der Waals surface area contributed by atoms with Crippen molar-refractivity contribution in [3.8, 4) is 17.7 Å². The molecule has 0 unspecified atom stereocenters. The van der Waals surface area contributed by atoms with Crippen molar-refractivity contribution >= 4 is 29.0 Å². The second-order valence-corrected chi connectivity index (χ2v) is 6.00. The topological polar surface area (TPSA) is 87.9 Å². The summed E-state index contributed by atoms with van der Waals surface area (Å²) >= 11 is 1.47. The maximum absolute atomic E-state index is 12.0. The molecule has 3 aromatic rings. The van der Waals surface area contributed by atoms with E-state index in [1.807, 2.05) is 18.4 Å². The molecule has 26 heavy (non-hydrogen) atoms. The van der Waals surface area contributed by atoms with Crippen LogP contribution in [-0.4, -0.2) is 15.9 Å². The monoisotopic (exact) mass is 362 g/mol. The van der Waals surface area contributed by atoms with E-state index < -0.39 is 0 Å². The summed E-state index contributed by atoms with van der Waals surface area (Å²) in [5, 5.41) is 13.8. The number of hydrogen-bond acceptors (Lipinski definition) is 6. The molecule has 0 fully saturated rings. The molecule has 1 amide bonds. The first-order chi connectivity index (χ1) is 12.7. The summed E-state index contributed by atoms with van der Waals surface area (Å²) in [4.78, 5) is 20.2. The van der Waals surface area contributed by atoms with Crippen LogP contribution in [0.1, 0.15) is 16.8 Å². The number of anilines is 1. The van der Waals surface area contributed by atoms with Crippen LogP contribution in [0.4, 0.5) is 5.69 Å². The second kappa shape index (κ2) is 8.05. The van der Waals surface area contributed by atoms with Crippen LogP contribution in [0.25, 0.3) is 6.08 Å².